The summed E-state index contributed by atoms with van der Waals surface area (Å²) in [5.74, 6) is 0.653. The number of hydrogen-bond acceptors (Lipinski definition) is 2. The minimum absolute atomic E-state index is 0.166. The number of halogens is 1. The standard InChI is InChI=1S/C26H24FNO/c1-4-18-15-26(28-25-14-11-22(27)16-24(18)25)21-7-5-19(6-8-21)20-9-12-23(13-10-20)29-17(2)3/h5-17H,4H2,1-3H3. The van der Waals surface area contributed by atoms with Crippen molar-refractivity contribution >= 4 is 10.9 Å². The van der Waals surface area contributed by atoms with Gasteiger partial charge in [0, 0.05) is 10.9 Å². The molecule has 0 aliphatic heterocycles. The van der Waals surface area contributed by atoms with Gasteiger partial charge in [-0.25, -0.2) is 9.37 Å². The van der Waals surface area contributed by atoms with Crippen molar-refractivity contribution in [2.75, 3.05) is 0 Å². The highest BCUT2D eigenvalue weighted by molar-refractivity contribution is 5.85. The van der Waals surface area contributed by atoms with Crippen molar-refractivity contribution in [1.29, 1.82) is 0 Å². The Labute approximate surface area is 171 Å². The molecule has 3 aromatic carbocycles. The molecule has 0 saturated carbocycles. The lowest BCUT2D eigenvalue weighted by atomic mass is 10.00. The summed E-state index contributed by atoms with van der Waals surface area (Å²) in [6.07, 6.45) is 0.998. The molecule has 0 bridgehead atoms. The van der Waals surface area contributed by atoms with Gasteiger partial charge in [-0.1, -0.05) is 43.3 Å². The van der Waals surface area contributed by atoms with E-state index in [1.807, 2.05) is 26.0 Å². The summed E-state index contributed by atoms with van der Waals surface area (Å²) in [7, 11) is 0. The molecule has 29 heavy (non-hydrogen) atoms. The van der Waals surface area contributed by atoms with Crippen LogP contribution in [-0.2, 0) is 6.42 Å². The van der Waals surface area contributed by atoms with Crippen LogP contribution < -0.4 is 4.74 Å². The molecular formula is C26H24FNO. The number of ether oxygens (including phenoxy) is 1. The third-order valence-corrected chi connectivity index (χ3v) is 4.98. The maximum atomic E-state index is 13.6. The van der Waals surface area contributed by atoms with Gasteiger partial charge in [-0.2, -0.15) is 0 Å². The van der Waals surface area contributed by atoms with Crippen molar-refractivity contribution in [2.24, 2.45) is 0 Å². The molecule has 4 aromatic rings. The summed E-state index contributed by atoms with van der Waals surface area (Å²) in [4.78, 5) is 4.75. The highest BCUT2D eigenvalue weighted by atomic mass is 19.1. The molecular weight excluding hydrogens is 361 g/mol. The van der Waals surface area contributed by atoms with Crippen LogP contribution in [0.2, 0.25) is 0 Å². The molecule has 0 aliphatic carbocycles. The topological polar surface area (TPSA) is 22.1 Å². The summed E-state index contributed by atoms with van der Waals surface area (Å²) >= 11 is 0. The Morgan fingerprint density at radius 2 is 1.45 bits per heavy atom. The van der Waals surface area contributed by atoms with E-state index in [1.54, 1.807) is 12.1 Å². The van der Waals surface area contributed by atoms with Crippen LogP contribution in [-0.4, -0.2) is 11.1 Å². The lowest BCUT2D eigenvalue weighted by Crippen LogP contribution is -2.05. The van der Waals surface area contributed by atoms with Crippen molar-refractivity contribution in [1.82, 2.24) is 4.98 Å². The molecule has 1 heterocycles. The quantitative estimate of drug-likeness (QED) is 0.367. The summed E-state index contributed by atoms with van der Waals surface area (Å²) in [5, 5.41) is 0.886. The molecule has 0 unspecified atom stereocenters. The summed E-state index contributed by atoms with van der Waals surface area (Å²) in [6.45, 7) is 6.13. The van der Waals surface area contributed by atoms with E-state index in [0.29, 0.717) is 0 Å². The molecule has 0 atom stereocenters. The smallest absolute Gasteiger partial charge is 0.123 e. The number of aromatic nitrogens is 1. The number of pyridine rings is 1. The second kappa shape index (κ2) is 8.04. The van der Waals surface area contributed by atoms with Crippen LogP contribution in [0.3, 0.4) is 0 Å². The van der Waals surface area contributed by atoms with Crippen LogP contribution in [0.25, 0.3) is 33.3 Å². The van der Waals surface area contributed by atoms with Crippen LogP contribution in [0.5, 0.6) is 5.75 Å². The second-order valence-electron chi connectivity index (χ2n) is 7.45. The van der Waals surface area contributed by atoms with E-state index in [9.17, 15) is 4.39 Å². The Morgan fingerprint density at radius 1 is 0.828 bits per heavy atom. The monoisotopic (exact) mass is 385 g/mol. The van der Waals surface area contributed by atoms with E-state index in [1.165, 1.54) is 6.07 Å². The molecule has 4 rings (SSSR count). The van der Waals surface area contributed by atoms with Crippen LogP contribution in [0.15, 0.2) is 72.8 Å². The van der Waals surface area contributed by atoms with Gasteiger partial charge in [0.2, 0.25) is 0 Å². The molecule has 0 radical (unpaired) electrons. The van der Waals surface area contributed by atoms with Crippen molar-refractivity contribution in [3.05, 3.63) is 84.2 Å². The highest BCUT2D eigenvalue weighted by Crippen LogP contribution is 2.29. The van der Waals surface area contributed by atoms with Gasteiger partial charge in [-0.05, 0) is 73.4 Å². The molecule has 0 amide bonds. The van der Waals surface area contributed by atoms with Gasteiger partial charge >= 0.3 is 0 Å². The summed E-state index contributed by atoms with van der Waals surface area (Å²) < 4.78 is 19.3. The van der Waals surface area contributed by atoms with E-state index in [0.717, 1.165) is 51.0 Å². The van der Waals surface area contributed by atoms with Crippen molar-refractivity contribution in [2.45, 2.75) is 33.3 Å². The molecule has 146 valence electrons. The highest BCUT2D eigenvalue weighted by Gasteiger charge is 2.08. The van der Waals surface area contributed by atoms with Crippen LogP contribution in [0.1, 0.15) is 26.3 Å². The molecule has 0 spiro atoms. The van der Waals surface area contributed by atoms with E-state index >= 15 is 0 Å². The first-order chi connectivity index (χ1) is 14.0. The maximum absolute atomic E-state index is 13.6. The van der Waals surface area contributed by atoms with E-state index in [2.05, 4.69) is 49.4 Å². The van der Waals surface area contributed by atoms with Gasteiger partial charge in [0.25, 0.3) is 0 Å². The van der Waals surface area contributed by atoms with E-state index < -0.39 is 0 Å². The molecule has 0 N–H and O–H groups in total. The van der Waals surface area contributed by atoms with E-state index in [4.69, 9.17) is 9.72 Å². The zero-order valence-corrected chi connectivity index (χ0v) is 16.9. The Bertz CT molecular complexity index is 1130. The van der Waals surface area contributed by atoms with Gasteiger partial charge in [0.15, 0.2) is 0 Å². The van der Waals surface area contributed by atoms with Gasteiger partial charge in [-0.3, -0.25) is 0 Å². The number of nitrogens with zero attached hydrogens (tertiary/aromatic N) is 1. The Hall–Kier alpha value is -3.20. The SMILES string of the molecule is CCc1cc(-c2ccc(-c3ccc(OC(C)C)cc3)cc2)nc2ccc(F)cc12. The van der Waals surface area contributed by atoms with Crippen molar-refractivity contribution in [3.63, 3.8) is 0 Å². The zero-order chi connectivity index (χ0) is 20.4. The lowest BCUT2D eigenvalue weighted by Gasteiger charge is -2.11. The fraction of sp³-hybridized carbons (Fsp3) is 0.192. The number of fused-ring (bicyclic) bond motifs is 1. The van der Waals surface area contributed by atoms with Gasteiger partial charge < -0.3 is 4.74 Å². The van der Waals surface area contributed by atoms with Crippen LogP contribution in [0.4, 0.5) is 4.39 Å². The molecule has 1 aromatic heterocycles. The van der Waals surface area contributed by atoms with Gasteiger partial charge in [0.05, 0.1) is 17.3 Å². The average Bonchev–Trinajstić information content (AvgIpc) is 2.73. The third kappa shape index (κ3) is 4.14. The number of hydrogen-bond donors (Lipinski definition) is 0. The second-order valence-corrected chi connectivity index (χ2v) is 7.45. The molecule has 0 saturated heterocycles. The average molecular weight is 385 g/mol. The fourth-order valence-electron chi connectivity index (χ4n) is 3.54. The predicted molar refractivity (Wildman–Crippen MR) is 118 cm³/mol. The summed E-state index contributed by atoms with van der Waals surface area (Å²) in [5.41, 5.74) is 6.18. The first-order valence-electron chi connectivity index (χ1n) is 10.00. The largest absolute Gasteiger partial charge is 0.491 e. The van der Waals surface area contributed by atoms with Crippen molar-refractivity contribution in [3.8, 4) is 28.1 Å². The first-order valence-corrected chi connectivity index (χ1v) is 10.00. The molecule has 0 aliphatic rings. The predicted octanol–water partition coefficient (Wildman–Crippen LogP) is 7.06. The van der Waals surface area contributed by atoms with E-state index in [-0.39, 0.29) is 11.9 Å². The Kier molecular flexibility index (Phi) is 5.30. The van der Waals surface area contributed by atoms with Crippen LogP contribution >= 0.6 is 0 Å². The normalized spacial score (nSPS) is 11.2. The minimum atomic E-state index is -0.226. The maximum Gasteiger partial charge on any atom is 0.123 e. The molecule has 3 heteroatoms. The van der Waals surface area contributed by atoms with Gasteiger partial charge in [0.1, 0.15) is 11.6 Å². The number of aryl methyl sites for hydroxylation is 1. The third-order valence-electron chi connectivity index (χ3n) is 4.98. The zero-order valence-electron chi connectivity index (χ0n) is 16.9. The minimum Gasteiger partial charge on any atom is -0.491 e. The Balaban J connectivity index is 1.65. The Morgan fingerprint density at radius 3 is 2.07 bits per heavy atom. The molecule has 0 fully saturated rings. The first kappa shape index (κ1) is 19.1. The molecule has 2 nitrogen and oxygen atoms in total. The van der Waals surface area contributed by atoms with Crippen molar-refractivity contribution < 1.29 is 9.13 Å². The number of benzene rings is 3. The number of rotatable bonds is 5. The van der Waals surface area contributed by atoms with Crippen LogP contribution in [0, 0.1) is 5.82 Å². The lowest BCUT2D eigenvalue weighted by molar-refractivity contribution is 0.242. The fourth-order valence-corrected chi connectivity index (χ4v) is 3.54. The summed E-state index contributed by atoms with van der Waals surface area (Å²) in [6, 6.07) is 23.4. The van der Waals surface area contributed by atoms with Gasteiger partial charge in [-0.15, -0.1) is 0 Å².